The predicted octanol–water partition coefficient (Wildman–Crippen LogP) is 5.91. The fourth-order valence-corrected chi connectivity index (χ4v) is 4.71. The molecule has 0 radical (unpaired) electrons. The van der Waals surface area contributed by atoms with Crippen molar-refractivity contribution < 1.29 is 0 Å². The Morgan fingerprint density at radius 3 is 1.06 bits per heavy atom. The third-order valence-corrected chi connectivity index (χ3v) is 6.60. The highest BCUT2D eigenvalue weighted by molar-refractivity contribution is 4.71. The second-order valence-corrected chi connectivity index (χ2v) is 10.9. The van der Waals surface area contributed by atoms with Crippen molar-refractivity contribution >= 4 is 0 Å². The van der Waals surface area contributed by atoms with E-state index < -0.39 is 0 Å². The van der Waals surface area contributed by atoms with Crippen LogP contribution in [0.4, 0.5) is 0 Å². The standard InChI is InChI=1S/C27H60N4/c1-22(2)30(23(3)4)20-14-16-26(9)28-18-12-11-13-19-29-27(10)17-15-21-31(24(5)6)25(7)8/h22-29H,11-21H2,1-10H3. The molecule has 0 aromatic heterocycles. The molecule has 0 aromatic rings. The van der Waals surface area contributed by atoms with Gasteiger partial charge < -0.3 is 10.6 Å². The molecular formula is C27H60N4. The minimum Gasteiger partial charge on any atom is -0.314 e. The Bertz CT molecular complexity index is 343. The average molecular weight is 441 g/mol. The number of rotatable bonds is 20. The minimum absolute atomic E-state index is 0.635. The van der Waals surface area contributed by atoms with Crippen LogP contribution in [0.1, 0.15) is 114 Å². The monoisotopic (exact) mass is 440 g/mol. The van der Waals surface area contributed by atoms with Gasteiger partial charge in [0, 0.05) is 36.3 Å². The van der Waals surface area contributed by atoms with Gasteiger partial charge in [0.25, 0.3) is 0 Å². The Labute approximate surface area is 197 Å². The van der Waals surface area contributed by atoms with Crippen LogP contribution < -0.4 is 10.6 Å². The van der Waals surface area contributed by atoms with Crippen LogP contribution in [-0.2, 0) is 0 Å². The van der Waals surface area contributed by atoms with Gasteiger partial charge in [0.1, 0.15) is 0 Å². The summed E-state index contributed by atoms with van der Waals surface area (Å²) in [6.07, 6.45) is 9.05. The Balaban J connectivity index is 3.65. The van der Waals surface area contributed by atoms with Crippen molar-refractivity contribution in [3.05, 3.63) is 0 Å². The minimum atomic E-state index is 0.635. The molecule has 0 rings (SSSR count). The Kier molecular flexibility index (Phi) is 18.2. The van der Waals surface area contributed by atoms with Gasteiger partial charge in [-0.05, 0) is 134 Å². The lowest BCUT2D eigenvalue weighted by atomic mass is 10.1. The lowest BCUT2D eigenvalue weighted by Gasteiger charge is -2.30. The van der Waals surface area contributed by atoms with Crippen molar-refractivity contribution in [2.24, 2.45) is 0 Å². The molecule has 2 N–H and O–H groups in total. The first kappa shape index (κ1) is 30.8. The fraction of sp³-hybridized carbons (Fsp3) is 1.00. The summed E-state index contributed by atoms with van der Waals surface area (Å²) in [5.74, 6) is 0. The van der Waals surface area contributed by atoms with Crippen molar-refractivity contribution in [1.29, 1.82) is 0 Å². The molecule has 0 amide bonds. The number of nitrogens with zero attached hydrogens (tertiary/aromatic N) is 2. The number of hydrogen-bond donors (Lipinski definition) is 2. The highest BCUT2D eigenvalue weighted by atomic mass is 15.2. The van der Waals surface area contributed by atoms with Gasteiger partial charge in [-0.15, -0.1) is 0 Å². The van der Waals surface area contributed by atoms with E-state index in [1.165, 1.54) is 58.0 Å². The first-order chi connectivity index (χ1) is 14.6. The summed E-state index contributed by atoms with van der Waals surface area (Å²) in [6, 6.07) is 3.86. The van der Waals surface area contributed by atoms with Crippen LogP contribution in [0.25, 0.3) is 0 Å². The van der Waals surface area contributed by atoms with Gasteiger partial charge in [-0.3, -0.25) is 9.80 Å². The maximum Gasteiger partial charge on any atom is 0.00412 e. The molecule has 0 saturated carbocycles. The first-order valence-corrected chi connectivity index (χ1v) is 13.5. The van der Waals surface area contributed by atoms with Crippen LogP contribution in [-0.4, -0.2) is 72.2 Å². The Morgan fingerprint density at radius 1 is 0.452 bits per heavy atom. The zero-order valence-electron chi connectivity index (χ0n) is 23.1. The third-order valence-electron chi connectivity index (χ3n) is 6.60. The fourth-order valence-electron chi connectivity index (χ4n) is 4.71. The Hall–Kier alpha value is -0.160. The SMILES string of the molecule is CC(CCCN(C(C)C)C(C)C)NCCCCCNC(C)CCCN(C(C)C)C(C)C. The van der Waals surface area contributed by atoms with Crippen LogP contribution in [0.5, 0.6) is 0 Å². The number of hydrogen-bond acceptors (Lipinski definition) is 4. The maximum atomic E-state index is 3.73. The highest BCUT2D eigenvalue weighted by Crippen LogP contribution is 2.09. The summed E-state index contributed by atoms with van der Waals surface area (Å²) in [7, 11) is 0. The van der Waals surface area contributed by atoms with E-state index in [0.29, 0.717) is 36.3 Å². The average Bonchev–Trinajstić information content (AvgIpc) is 2.66. The zero-order valence-corrected chi connectivity index (χ0v) is 23.1. The van der Waals surface area contributed by atoms with E-state index in [9.17, 15) is 0 Å². The predicted molar refractivity (Wildman–Crippen MR) is 141 cm³/mol. The van der Waals surface area contributed by atoms with E-state index in [1.54, 1.807) is 0 Å². The van der Waals surface area contributed by atoms with E-state index in [-0.39, 0.29) is 0 Å². The molecule has 31 heavy (non-hydrogen) atoms. The van der Waals surface area contributed by atoms with Gasteiger partial charge in [0.15, 0.2) is 0 Å². The van der Waals surface area contributed by atoms with E-state index in [0.717, 1.165) is 13.1 Å². The van der Waals surface area contributed by atoms with Crippen LogP contribution in [0.3, 0.4) is 0 Å². The van der Waals surface area contributed by atoms with E-state index in [1.807, 2.05) is 0 Å². The largest absolute Gasteiger partial charge is 0.314 e. The highest BCUT2D eigenvalue weighted by Gasteiger charge is 2.14. The van der Waals surface area contributed by atoms with Crippen molar-refractivity contribution in [3.8, 4) is 0 Å². The second kappa shape index (κ2) is 18.3. The van der Waals surface area contributed by atoms with Gasteiger partial charge in [-0.2, -0.15) is 0 Å². The van der Waals surface area contributed by atoms with Crippen molar-refractivity contribution in [3.63, 3.8) is 0 Å². The number of nitrogens with one attached hydrogen (secondary N) is 2. The van der Waals surface area contributed by atoms with Gasteiger partial charge >= 0.3 is 0 Å². The van der Waals surface area contributed by atoms with Crippen LogP contribution in [0.2, 0.25) is 0 Å². The van der Waals surface area contributed by atoms with Crippen molar-refractivity contribution in [1.82, 2.24) is 20.4 Å². The molecule has 0 fully saturated rings. The van der Waals surface area contributed by atoms with Crippen molar-refractivity contribution in [2.45, 2.75) is 150 Å². The lowest BCUT2D eigenvalue weighted by molar-refractivity contribution is 0.170. The van der Waals surface area contributed by atoms with Gasteiger partial charge in [0.2, 0.25) is 0 Å². The molecule has 188 valence electrons. The third kappa shape index (κ3) is 16.2. The second-order valence-electron chi connectivity index (χ2n) is 10.9. The molecule has 4 heteroatoms. The maximum absolute atomic E-state index is 3.73. The smallest absolute Gasteiger partial charge is 0.00412 e. The molecule has 0 bridgehead atoms. The zero-order chi connectivity index (χ0) is 23.8. The summed E-state index contributed by atoms with van der Waals surface area (Å²) < 4.78 is 0. The molecule has 0 aliphatic rings. The lowest BCUT2D eigenvalue weighted by Crippen LogP contribution is -2.38. The van der Waals surface area contributed by atoms with E-state index in [2.05, 4.69) is 89.7 Å². The first-order valence-electron chi connectivity index (χ1n) is 13.5. The van der Waals surface area contributed by atoms with E-state index in [4.69, 9.17) is 0 Å². The summed E-state index contributed by atoms with van der Waals surface area (Å²) in [5.41, 5.74) is 0. The normalized spacial score (nSPS) is 14.7. The van der Waals surface area contributed by atoms with Gasteiger partial charge in [-0.25, -0.2) is 0 Å². The topological polar surface area (TPSA) is 30.5 Å². The molecule has 2 unspecified atom stereocenters. The summed E-state index contributed by atoms with van der Waals surface area (Å²) in [6.45, 7) is 27.9. The Morgan fingerprint density at radius 2 is 0.774 bits per heavy atom. The molecular weight excluding hydrogens is 380 g/mol. The molecule has 0 aliphatic heterocycles. The summed E-state index contributed by atoms with van der Waals surface area (Å²) >= 11 is 0. The summed E-state index contributed by atoms with van der Waals surface area (Å²) in [4.78, 5) is 5.21. The summed E-state index contributed by atoms with van der Waals surface area (Å²) in [5, 5.41) is 7.45. The van der Waals surface area contributed by atoms with E-state index >= 15 is 0 Å². The number of unbranched alkanes of at least 4 members (excludes halogenated alkanes) is 2. The molecule has 0 heterocycles. The molecule has 0 aliphatic carbocycles. The molecule has 0 spiro atoms. The molecule has 0 saturated heterocycles. The van der Waals surface area contributed by atoms with Gasteiger partial charge in [0.05, 0.1) is 0 Å². The van der Waals surface area contributed by atoms with Crippen LogP contribution in [0.15, 0.2) is 0 Å². The van der Waals surface area contributed by atoms with Crippen molar-refractivity contribution in [2.75, 3.05) is 26.2 Å². The molecule has 4 nitrogen and oxygen atoms in total. The van der Waals surface area contributed by atoms with Gasteiger partial charge in [-0.1, -0.05) is 6.42 Å². The van der Waals surface area contributed by atoms with Crippen LogP contribution in [0, 0.1) is 0 Å². The van der Waals surface area contributed by atoms with Crippen LogP contribution >= 0.6 is 0 Å². The molecule has 2 atom stereocenters. The molecule has 0 aromatic carbocycles. The quantitative estimate of drug-likeness (QED) is 0.230.